The maximum Gasteiger partial charge on any atom is 0.319 e. The predicted molar refractivity (Wildman–Crippen MR) is 314 cm³/mol. The van der Waals surface area contributed by atoms with Crippen molar-refractivity contribution in [1.82, 2.24) is 60.3 Å². The first-order chi connectivity index (χ1) is 42.0. The number of amides is 6. The van der Waals surface area contributed by atoms with Crippen molar-refractivity contribution in [2.24, 2.45) is 10.3 Å². The number of urea groups is 2. The largest absolute Gasteiger partial charge is 0.388 e. The van der Waals surface area contributed by atoms with Gasteiger partial charge in [0.05, 0.1) is 46.6 Å². The highest BCUT2D eigenvalue weighted by Gasteiger charge is 2.46. The number of benzene rings is 2. The molecular weight excluding hydrogens is 1190 g/mol. The van der Waals surface area contributed by atoms with E-state index in [1.165, 1.54) is 61.2 Å². The number of nitrogens with two attached hydrogens (primary N) is 2. The number of nitrogens with zero attached hydrogens (tertiary/aromatic N) is 10. The maximum absolute atomic E-state index is 13.2. The second-order valence-electron chi connectivity index (χ2n) is 22.7. The molecule has 3 aliphatic carbocycles. The Morgan fingerprint density at radius 2 is 0.932 bits per heavy atom. The van der Waals surface area contributed by atoms with Crippen LogP contribution in [0.15, 0.2) is 71.0 Å². The van der Waals surface area contributed by atoms with Gasteiger partial charge in [-0.15, -0.1) is 0 Å². The lowest BCUT2D eigenvalue weighted by atomic mass is 9.91. The molecule has 4 aromatic heterocycles. The van der Waals surface area contributed by atoms with Gasteiger partial charge in [0, 0.05) is 61.7 Å². The lowest BCUT2D eigenvalue weighted by Gasteiger charge is -2.31. The number of imidazole rings is 2. The number of aliphatic hydroxyl groups excluding tert-OH is 6. The van der Waals surface area contributed by atoms with Crippen molar-refractivity contribution in [2.75, 3.05) is 70.5 Å². The smallest absolute Gasteiger partial charge is 0.319 e. The van der Waals surface area contributed by atoms with E-state index in [4.69, 9.17) is 40.2 Å². The quantitative estimate of drug-likeness (QED) is 0.0413. The van der Waals surface area contributed by atoms with Crippen LogP contribution in [0.4, 0.5) is 44.5 Å². The summed E-state index contributed by atoms with van der Waals surface area (Å²) in [7, 11) is -8.05. The van der Waals surface area contributed by atoms with E-state index < -0.39 is 118 Å². The van der Waals surface area contributed by atoms with Gasteiger partial charge >= 0.3 is 12.1 Å². The van der Waals surface area contributed by atoms with E-state index in [1.807, 2.05) is 9.80 Å². The van der Waals surface area contributed by atoms with Crippen LogP contribution >= 0.6 is 0 Å². The minimum atomic E-state index is -4.03. The van der Waals surface area contributed by atoms with Gasteiger partial charge < -0.3 is 92.1 Å². The first-order valence-corrected chi connectivity index (χ1v) is 31.5. The molecule has 2 aliphatic heterocycles. The number of hydrogen-bond donors (Lipinski definition) is 16. The maximum atomic E-state index is 13.2. The summed E-state index contributed by atoms with van der Waals surface area (Å²) in [6.07, 6.45) is 0.934. The van der Waals surface area contributed by atoms with Gasteiger partial charge in [-0.2, -0.15) is 19.9 Å². The van der Waals surface area contributed by atoms with Crippen LogP contribution in [0.2, 0.25) is 0 Å². The summed E-state index contributed by atoms with van der Waals surface area (Å²) in [5.41, 5.74) is 1.74. The Balaban J connectivity index is 0.817. The number of carbonyl (C=O) groups is 4. The summed E-state index contributed by atoms with van der Waals surface area (Å²) in [5.74, 6) is -0.180. The molecule has 5 fully saturated rings. The van der Waals surface area contributed by atoms with Crippen molar-refractivity contribution in [3.63, 3.8) is 0 Å². The van der Waals surface area contributed by atoms with Gasteiger partial charge in [-0.05, 0) is 87.8 Å². The number of anilines is 6. The van der Waals surface area contributed by atoms with Crippen LogP contribution in [0.3, 0.4) is 0 Å². The molecule has 36 heteroatoms. The molecule has 88 heavy (non-hydrogen) atoms. The Morgan fingerprint density at radius 3 is 1.31 bits per heavy atom. The SMILES string of the molecule is NS(=O)(=O)c1cccc(NC(=O)N[C@@H]2CCN(c3nc(N[C@H]4CC[C@H](Nc5nc(N6CC[C@@H](NC(=O)Nc7cccc(S(N)(=O)=O)c7)C6)nc6c5ncn6[C@@H]5C[C@H](NC(=O)CO)[C@@H](O)[C@H]5O)CC4)c4ncn([C@@H]5C[C@H](NC(=O)CO)[C@@H](O)[C@H]5O)c4n3)C2)c1. The van der Waals surface area contributed by atoms with Crippen molar-refractivity contribution in [2.45, 2.75) is 134 Å². The van der Waals surface area contributed by atoms with Crippen LogP contribution < -0.4 is 62.6 Å². The Kier molecular flexibility index (Phi) is 17.5. The van der Waals surface area contributed by atoms with Gasteiger partial charge in [-0.3, -0.25) is 9.59 Å². The van der Waals surface area contributed by atoms with Crippen LogP contribution in [0.25, 0.3) is 22.3 Å². The van der Waals surface area contributed by atoms with E-state index in [2.05, 4.69) is 42.5 Å². The van der Waals surface area contributed by atoms with E-state index in [1.54, 1.807) is 9.13 Å². The van der Waals surface area contributed by atoms with E-state index in [-0.39, 0.29) is 71.1 Å². The van der Waals surface area contributed by atoms with Crippen molar-refractivity contribution in [3.05, 3.63) is 61.2 Å². The summed E-state index contributed by atoms with van der Waals surface area (Å²) < 4.78 is 51.0. The third kappa shape index (κ3) is 13.3. The van der Waals surface area contributed by atoms with Crippen LogP contribution in [0.5, 0.6) is 0 Å². The standard InChI is InChI=1S/C52H68N20O14S2/c53-87(83,84)31-5-1-3-27(15-31)59-51(81)61-29-11-13-69(19-29)49-65-45(39-47(67-49)71(23-55-39)35-17-33(41(77)43(35)79)63-37(75)21-73)57-25-7-9-26(10-8-25)58-46-40-48(72(24-56-40)36-18-34(42(78)44(36)80)64-38(76)22-74)68-50(66-46)70-14-12-30(20-70)62-52(82)60-28-4-2-6-32(16-28)88(54,85)86/h1-6,15-16,23-26,29-30,33-36,41-44,73-74,77-80H,7-14,17-22H2,(H,63,75)(H,64,76)(H2,53,83,84)(H2,54,85,86)(H,57,65,67)(H,58,66,68)(H2,59,61,81)(H2,60,62,82)/t25-,26-,29-,30-,33+,34+,35-,36-,41-,42-,43+,44+/m1/s1. The lowest BCUT2D eigenvalue weighted by molar-refractivity contribution is -0.126. The molecule has 0 spiro atoms. The highest BCUT2D eigenvalue weighted by molar-refractivity contribution is 7.89. The average Bonchev–Trinajstić information content (AvgIpc) is 4.50. The van der Waals surface area contributed by atoms with Gasteiger partial charge in [0.1, 0.15) is 37.6 Å². The predicted octanol–water partition coefficient (Wildman–Crippen LogP) is -2.82. The van der Waals surface area contributed by atoms with Gasteiger partial charge in [0.15, 0.2) is 34.0 Å². The van der Waals surface area contributed by atoms with E-state index in [0.717, 1.165) is 0 Å². The number of hydrogen-bond acceptors (Lipinski definition) is 24. The molecule has 0 bridgehead atoms. The Labute approximate surface area is 502 Å². The Hall–Kier alpha value is -8.20. The topological polar surface area (TPSA) is 500 Å². The summed E-state index contributed by atoms with van der Waals surface area (Å²) >= 11 is 0. The van der Waals surface area contributed by atoms with Crippen molar-refractivity contribution in [3.8, 4) is 0 Å². The lowest BCUT2D eigenvalue weighted by Crippen LogP contribution is -2.44. The molecule has 10 atom stereocenters. The molecule has 11 rings (SSSR count). The number of carbonyl (C=O) groups excluding carboxylic acids is 4. The minimum Gasteiger partial charge on any atom is -0.388 e. The average molecular weight is 1260 g/mol. The highest BCUT2D eigenvalue weighted by Crippen LogP contribution is 2.38. The Morgan fingerprint density at radius 1 is 0.534 bits per heavy atom. The molecule has 472 valence electrons. The van der Waals surface area contributed by atoms with Crippen molar-refractivity contribution < 1.29 is 66.7 Å². The van der Waals surface area contributed by atoms with Crippen molar-refractivity contribution >= 4 is 101 Å². The summed E-state index contributed by atoms with van der Waals surface area (Å²) in [4.78, 5) is 83.4. The van der Waals surface area contributed by atoms with Crippen LogP contribution in [0.1, 0.15) is 63.5 Å². The molecule has 2 saturated heterocycles. The monoisotopic (exact) mass is 1260 g/mol. The third-order valence-electron chi connectivity index (χ3n) is 16.7. The highest BCUT2D eigenvalue weighted by atomic mass is 32.2. The van der Waals surface area contributed by atoms with Crippen LogP contribution in [-0.2, 0) is 29.6 Å². The number of fused-ring (bicyclic) bond motifs is 2. The molecular formula is C52H68N20O14S2. The molecule has 0 radical (unpaired) electrons. The number of sulfonamides is 2. The fourth-order valence-corrected chi connectivity index (χ4v) is 13.4. The van der Waals surface area contributed by atoms with E-state index in [0.29, 0.717) is 85.6 Å². The summed E-state index contributed by atoms with van der Waals surface area (Å²) in [6.45, 7) is -0.300. The van der Waals surface area contributed by atoms with Crippen molar-refractivity contribution in [1.29, 1.82) is 0 Å². The molecule has 6 amide bonds. The summed E-state index contributed by atoms with van der Waals surface area (Å²) in [6, 6.07) is 5.30. The fourth-order valence-electron chi connectivity index (χ4n) is 12.2. The van der Waals surface area contributed by atoms with Crippen LogP contribution in [0, 0.1) is 0 Å². The number of primary sulfonamides is 2. The molecule has 2 aromatic carbocycles. The number of aromatic nitrogens is 8. The normalized spacial score (nSPS) is 26.5. The number of nitrogens with one attached hydrogen (secondary N) is 8. The zero-order valence-electron chi connectivity index (χ0n) is 47.0. The second kappa shape index (κ2) is 25.1. The van der Waals surface area contributed by atoms with E-state index >= 15 is 0 Å². The molecule has 6 aromatic rings. The summed E-state index contributed by atoms with van der Waals surface area (Å²) in [5, 5.41) is 97.6. The van der Waals surface area contributed by atoms with E-state index in [9.17, 15) is 66.7 Å². The number of aliphatic hydroxyl groups is 6. The second-order valence-corrected chi connectivity index (χ2v) is 25.8. The first kappa shape index (κ1) is 61.4. The molecule has 0 unspecified atom stereocenters. The van der Waals surface area contributed by atoms with Gasteiger partial charge in [0.2, 0.25) is 43.8 Å². The minimum absolute atomic E-state index is 0.0697. The van der Waals surface area contributed by atoms with Gasteiger partial charge in [0.25, 0.3) is 0 Å². The fraction of sp³-hybridized carbons (Fsp3) is 0.500. The molecule has 3 saturated carbocycles. The molecule has 5 aliphatic rings. The zero-order valence-corrected chi connectivity index (χ0v) is 48.6. The Bertz CT molecular complexity index is 3610. The molecule has 18 N–H and O–H groups in total. The van der Waals surface area contributed by atoms with Gasteiger partial charge in [-0.1, -0.05) is 12.1 Å². The molecule has 6 heterocycles. The van der Waals surface area contributed by atoms with Crippen LogP contribution in [-0.4, -0.2) is 210 Å². The zero-order chi connectivity index (χ0) is 62.3. The molecule has 34 nitrogen and oxygen atoms in total. The number of rotatable bonds is 18. The third-order valence-corrected chi connectivity index (χ3v) is 18.5. The first-order valence-electron chi connectivity index (χ1n) is 28.5. The van der Waals surface area contributed by atoms with Gasteiger partial charge in [-0.25, -0.2) is 46.7 Å².